The van der Waals surface area contributed by atoms with E-state index in [-0.39, 0.29) is 0 Å². The number of thioether (sulfide) groups is 6. The predicted octanol–water partition coefficient (Wildman–Crippen LogP) is 30.5. The average molecular weight is 1260 g/mol. The van der Waals surface area contributed by atoms with Crippen LogP contribution in [0.3, 0.4) is 0 Å². The highest BCUT2D eigenvalue weighted by molar-refractivity contribution is 8.03. The van der Waals surface area contributed by atoms with E-state index in [0.29, 0.717) is 0 Å². The summed E-state index contributed by atoms with van der Waals surface area (Å²) in [6.45, 7) is 14.0. The summed E-state index contributed by atoms with van der Waals surface area (Å²) < 4.78 is 0. The third-order valence-corrected chi connectivity index (χ3v) is 24.9. The largest absolute Gasteiger partial charge is 0.125 e. The quantitative estimate of drug-likeness (QED) is 0.0244. The van der Waals surface area contributed by atoms with Crippen molar-refractivity contribution in [3.8, 4) is 0 Å². The van der Waals surface area contributed by atoms with Crippen LogP contribution in [0.25, 0.3) is 32.3 Å². The lowest BCUT2D eigenvalue weighted by Gasteiger charge is -2.20. The fraction of sp³-hybridized carbons (Fsp3) is 0.769. The molecule has 0 bridgehead atoms. The molecular weight excluding hydrogens is 1130 g/mol. The van der Waals surface area contributed by atoms with E-state index in [2.05, 4.69) is 149 Å². The smallest absolute Gasteiger partial charge is 0.0215 e. The lowest BCUT2D eigenvalue weighted by Crippen LogP contribution is -1.94. The van der Waals surface area contributed by atoms with Gasteiger partial charge in [0.05, 0.1) is 0 Å². The van der Waals surface area contributed by atoms with Gasteiger partial charge in [-0.05, 0) is 142 Å². The van der Waals surface area contributed by atoms with Gasteiger partial charge in [-0.1, -0.05) is 311 Å². The van der Waals surface area contributed by atoms with E-state index >= 15 is 0 Å². The third kappa shape index (κ3) is 33.7. The maximum Gasteiger partial charge on any atom is 0.0215 e. The Balaban J connectivity index is 1.82. The second-order valence-electron chi connectivity index (χ2n) is 25.5. The Bertz CT molecular complexity index is 1760. The van der Waals surface area contributed by atoms with Gasteiger partial charge in [0.15, 0.2) is 0 Å². The first-order chi connectivity index (χ1) is 41.6. The number of fused-ring (bicyclic) bond motifs is 6. The minimum Gasteiger partial charge on any atom is -0.125 e. The van der Waals surface area contributed by atoms with Crippen LogP contribution >= 0.6 is 70.6 Å². The highest BCUT2D eigenvalue weighted by Crippen LogP contribution is 2.48. The molecule has 480 valence electrons. The van der Waals surface area contributed by atoms with Gasteiger partial charge in [-0.3, -0.25) is 0 Å². The highest BCUT2D eigenvalue weighted by atomic mass is 32.2. The molecule has 0 amide bonds. The van der Waals surface area contributed by atoms with E-state index in [0.717, 1.165) is 0 Å². The van der Waals surface area contributed by atoms with Crippen LogP contribution in [0.1, 0.15) is 350 Å². The number of unbranched alkanes of at least 4 members (excludes halogenated alkanes) is 42. The maximum absolute atomic E-state index is 2.74. The molecule has 0 spiro atoms. The molecule has 0 N–H and O–H groups in total. The molecular formula is C78H132S6. The molecule has 4 aromatic rings. The molecule has 0 nitrogen and oxygen atoms in total. The summed E-state index contributed by atoms with van der Waals surface area (Å²) in [6.07, 6.45) is 66.6. The van der Waals surface area contributed by atoms with E-state index in [1.807, 2.05) is 0 Å². The van der Waals surface area contributed by atoms with Gasteiger partial charge in [-0.25, -0.2) is 0 Å². The zero-order valence-electron chi connectivity index (χ0n) is 56.1. The first-order valence-electron chi connectivity index (χ1n) is 36.9. The van der Waals surface area contributed by atoms with Gasteiger partial charge < -0.3 is 0 Å². The topological polar surface area (TPSA) is 0 Å². The molecule has 0 heterocycles. The molecule has 6 heteroatoms. The molecule has 0 aliphatic carbocycles. The van der Waals surface area contributed by atoms with Gasteiger partial charge in [0, 0.05) is 29.4 Å². The summed E-state index contributed by atoms with van der Waals surface area (Å²) in [5, 5.41) is 9.08. The van der Waals surface area contributed by atoms with Crippen LogP contribution in [0, 0.1) is 0 Å². The predicted molar refractivity (Wildman–Crippen MR) is 399 cm³/mol. The average Bonchev–Trinajstić information content (AvgIpc) is 1.86. The van der Waals surface area contributed by atoms with E-state index in [4.69, 9.17) is 0 Å². The Morgan fingerprint density at radius 2 is 0.262 bits per heavy atom. The standard InChI is InChI=1S/C78H132S6/c1-7-13-19-25-31-37-43-49-55-79-73-61-67-68(62-74(73)80-56-50-44-38-32-26-20-14-8-2)70-64-76(82-58-52-46-40-34-28-22-16-10-4)78(84-60-54-48-42-36-30-24-18-12-6)66-72(70)71-65-77(83-59-53-47-41-35-29-23-17-11-5)75(63-69(67)71)81-57-51-45-39-33-27-21-15-9-3/h61-66H,7-60H2,1-6H3. The van der Waals surface area contributed by atoms with Crippen LogP contribution in [-0.4, -0.2) is 34.5 Å². The second kappa shape index (κ2) is 53.4. The van der Waals surface area contributed by atoms with Crippen molar-refractivity contribution in [2.75, 3.05) is 34.5 Å². The number of rotatable bonds is 60. The number of benzene rings is 4. The summed E-state index contributed by atoms with van der Waals surface area (Å²) in [6, 6.07) is 16.4. The Morgan fingerprint density at radius 1 is 0.155 bits per heavy atom. The first kappa shape index (κ1) is 76.2. The van der Waals surface area contributed by atoms with Crippen molar-refractivity contribution >= 4 is 103 Å². The van der Waals surface area contributed by atoms with Crippen LogP contribution in [0.15, 0.2) is 65.8 Å². The van der Waals surface area contributed by atoms with E-state index in [1.54, 1.807) is 29.4 Å². The van der Waals surface area contributed by atoms with Crippen LogP contribution in [-0.2, 0) is 0 Å². The van der Waals surface area contributed by atoms with Gasteiger partial charge in [0.2, 0.25) is 0 Å². The zero-order chi connectivity index (χ0) is 59.6. The summed E-state index contributed by atoms with van der Waals surface area (Å²) in [5.74, 6) is 7.39. The maximum atomic E-state index is 2.74. The van der Waals surface area contributed by atoms with Gasteiger partial charge >= 0.3 is 0 Å². The van der Waals surface area contributed by atoms with Crippen molar-refractivity contribution in [3.05, 3.63) is 36.4 Å². The molecule has 0 saturated heterocycles. The van der Waals surface area contributed by atoms with Crippen LogP contribution in [0.5, 0.6) is 0 Å². The van der Waals surface area contributed by atoms with E-state index < -0.39 is 0 Å². The monoisotopic (exact) mass is 1260 g/mol. The van der Waals surface area contributed by atoms with Gasteiger partial charge in [-0.15, -0.1) is 70.6 Å². The minimum atomic E-state index is 1.23. The number of hydrogen-bond acceptors (Lipinski definition) is 6. The zero-order valence-corrected chi connectivity index (χ0v) is 61.0. The molecule has 0 saturated carbocycles. The van der Waals surface area contributed by atoms with Crippen molar-refractivity contribution in [2.24, 2.45) is 0 Å². The SMILES string of the molecule is CCCCCCCCCCSc1cc2c3cc(SCCCCCCCCCC)c(SCCCCCCCCCC)cc3c3cc(SCCCCCCCCCC)c(SCCCCCCCCCC)cc3c2cc1SCCCCCCCCCC. The molecule has 0 atom stereocenters. The van der Waals surface area contributed by atoms with Crippen molar-refractivity contribution in [3.63, 3.8) is 0 Å². The molecule has 4 rings (SSSR count). The van der Waals surface area contributed by atoms with Crippen molar-refractivity contribution in [1.82, 2.24) is 0 Å². The Kier molecular flexibility index (Phi) is 48.5. The summed E-state index contributed by atoms with van der Waals surface area (Å²) in [7, 11) is 0. The van der Waals surface area contributed by atoms with Gasteiger partial charge in [0.25, 0.3) is 0 Å². The van der Waals surface area contributed by atoms with Gasteiger partial charge in [0.1, 0.15) is 0 Å². The second-order valence-corrected chi connectivity index (χ2v) is 32.3. The molecule has 0 radical (unpaired) electrons. The van der Waals surface area contributed by atoms with Crippen LogP contribution in [0.4, 0.5) is 0 Å². The normalized spacial score (nSPS) is 11.9. The molecule has 0 aliphatic rings. The number of hydrogen-bond donors (Lipinski definition) is 0. The Labute approximate surface area is 548 Å². The fourth-order valence-corrected chi connectivity index (χ4v) is 19.1. The lowest BCUT2D eigenvalue weighted by molar-refractivity contribution is 0.586. The van der Waals surface area contributed by atoms with Crippen LogP contribution < -0.4 is 0 Å². The Morgan fingerprint density at radius 3 is 0.381 bits per heavy atom. The highest BCUT2D eigenvalue weighted by Gasteiger charge is 2.19. The summed E-state index contributed by atoms with van der Waals surface area (Å²) >= 11 is 13.2. The molecule has 4 aromatic carbocycles. The molecule has 84 heavy (non-hydrogen) atoms. The Hall–Kier alpha value is -0.240. The molecule has 0 aromatic heterocycles. The molecule has 0 fully saturated rings. The molecule has 0 aliphatic heterocycles. The minimum absolute atomic E-state index is 1.23. The van der Waals surface area contributed by atoms with E-state index in [1.165, 1.54) is 375 Å². The first-order valence-corrected chi connectivity index (χ1v) is 42.8. The molecule has 0 unspecified atom stereocenters. The van der Waals surface area contributed by atoms with Gasteiger partial charge in [-0.2, -0.15) is 0 Å². The van der Waals surface area contributed by atoms with E-state index in [9.17, 15) is 0 Å². The van der Waals surface area contributed by atoms with Crippen molar-refractivity contribution in [1.29, 1.82) is 0 Å². The lowest BCUT2D eigenvalue weighted by atomic mass is 9.94. The van der Waals surface area contributed by atoms with Crippen molar-refractivity contribution in [2.45, 2.75) is 379 Å². The summed E-state index contributed by atoms with van der Waals surface area (Å²) in [5.41, 5.74) is 0. The van der Waals surface area contributed by atoms with Crippen molar-refractivity contribution < 1.29 is 0 Å². The van der Waals surface area contributed by atoms with Crippen LogP contribution in [0.2, 0.25) is 0 Å². The fourth-order valence-electron chi connectivity index (χ4n) is 12.2. The summed E-state index contributed by atoms with van der Waals surface area (Å²) in [4.78, 5) is 9.33. The third-order valence-electron chi connectivity index (χ3n) is 17.7.